The van der Waals surface area contributed by atoms with Crippen LogP contribution in [-0.2, 0) is 4.74 Å². The molecule has 1 aliphatic heterocycles. The first-order valence-corrected chi connectivity index (χ1v) is 6.28. The van der Waals surface area contributed by atoms with Gasteiger partial charge in [0.25, 0.3) is 0 Å². The van der Waals surface area contributed by atoms with E-state index in [0.717, 1.165) is 6.42 Å². The van der Waals surface area contributed by atoms with Crippen molar-refractivity contribution in [2.24, 2.45) is 0 Å². The molecule has 5 heteroatoms. The fourth-order valence-corrected chi connectivity index (χ4v) is 1.84. The Labute approximate surface area is 108 Å². The number of carbonyl (C=O) groups excluding carboxylic acids is 1. The molecule has 18 heavy (non-hydrogen) atoms. The predicted molar refractivity (Wildman–Crippen MR) is 68.2 cm³/mol. The van der Waals surface area contributed by atoms with Crippen molar-refractivity contribution in [3.63, 3.8) is 0 Å². The van der Waals surface area contributed by atoms with Gasteiger partial charge in [-0.3, -0.25) is 0 Å². The third-order valence-corrected chi connectivity index (χ3v) is 2.65. The summed E-state index contributed by atoms with van der Waals surface area (Å²) in [6, 6.07) is -0.212. The van der Waals surface area contributed by atoms with Crippen LogP contribution >= 0.6 is 0 Å². The first-order valence-electron chi connectivity index (χ1n) is 6.28. The third kappa shape index (κ3) is 4.66. The lowest BCUT2D eigenvalue weighted by molar-refractivity contribution is 0.0106. The van der Waals surface area contributed by atoms with Gasteiger partial charge in [0.15, 0.2) is 0 Å². The van der Waals surface area contributed by atoms with Crippen LogP contribution in [0.1, 0.15) is 33.6 Å². The molecule has 0 fully saturated rings. The molecular weight excluding hydrogens is 234 g/mol. The van der Waals surface area contributed by atoms with Crippen LogP contribution in [0.2, 0.25) is 0 Å². The Morgan fingerprint density at radius 3 is 2.78 bits per heavy atom. The number of aliphatic hydroxyl groups is 2. The van der Waals surface area contributed by atoms with Crippen molar-refractivity contribution in [1.29, 1.82) is 0 Å². The second kappa shape index (κ2) is 6.20. The molecule has 0 aromatic heterocycles. The number of hydrogen-bond donors (Lipinski definition) is 2. The van der Waals surface area contributed by atoms with E-state index in [9.17, 15) is 9.90 Å². The van der Waals surface area contributed by atoms with E-state index in [1.807, 2.05) is 32.9 Å². The Hall–Kier alpha value is -1.07. The summed E-state index contributed by atoms with van der Waals surface area (Å²) in [5.41, 5.74) is -0.529. The average molecular weight is 257 g/mol. The van der Waals surface area contributed by atoms with Crippen molar-refractivity contribution in [3.05, 3.63) is 12.2 Å². The molecule has 0 saturated carbocycles. The quantitative estimate of drug-likeness (QED) is 0.748. The van der Waals surface area contributed by atoms with Crippen molar-refractivity contribution in [3.8, 4) is 0 Å². The van der Waals surface area contributed by atoms with Gasteiger partial charge in [0.1, 0.15) is 5.60 Å². The van der Waals surface area contributed by atoms with Crippen LogP contribution in [0.25, 0.3) is 0 Å². The van der Waals surface area contributed by atoms with Gasteiger partial charge in [0, 0.05) is 6.54 Å². The smallest absolute Gasteiger partial charge is 0.410 e. The summed E-state index contributed by atoms with van der Waals surface area (Å²) in [5, 5.41) is 18.3. The van der Waals surface area contributed by atoms with Crippen LogP contribution in [0.15, 0.2) is 12.2 Å². The van der Waals surface area contributed by atoms with Gasteiger partial charge in [-0.25, -0.2) is 4.79 Å². The number of ether oxygens (including phenoxy) is 1. The number of carbonyl (C=O) groups is 1. The minimum atomic E-state index is -0.817. The van der Waals surface area contributed by atoms with Crippen molar-refractivity contribution in [2.75, 3.05) is 13.2 Å². The van der Waals surface area contributed by atoms with Gasteiger partial charge < -0.3 is 19.8 Å². The molecule has 1 heterocycles. The normalized spacial score (nSPS) is 21.8. The minimum absolute atomic E-state index is 0.212. The van der Waals surface area contributed by atoms with Crippen LogP contribution in [0, 0.1) is 0 Å². The van der Waals surface area contributed by atoms with Crippen molar-refractivity contribution >= 4 is 6.09 Å². The average Bonchev–Trinajstić information content (AvgIpc) is 2.27. The highest BCUT2D eigenvalue weighted by molar-refractivity contribution is 5.69. The van der Waals surface area contributed by atoms with Crippen molar-refractivity contribution < 1.29 is 19.7 Å². The summed E-state index contributed by atoms with van der Waals surface area (Å²) < 4.78 is 5.33. The molecule has 1 aliphatic rings. The van der Waals surface area contributed by atoms with E-state index < -0.39 is 11.7 Å². The largest absolute Gasteiger partial charge is 0.444 e. The van der Waals surface area contributed by atoms with Gasteiger partial charge in [-0.15, -0.1) is 0 Å². The molecule has 0 aliphatic carbocycles. The Bertz CT molecular complexity index is 309. The third-order valence-electron chi connectivity index (χ3n) is 2.65. The molecule has 2 atom stereocenters. The lowest BCUT2D eigenvalue weighted by atomic mass is 10.0. The zero-order chi connectivity index (χ0) is 13.8. The fourth-order valence-electron chi connectivity index (χ4n) is 1.84. The zero-order valence-corrected chi connectivity index (χ0v) is 11.3. The van der Waals surface area contributed by atoms with E-state index >= 15 is 0 Å². The lowest BCUT2D eigenvalue weighted by Crippen LogP contribution is -2.46. The maximum atomic E-state index is 12.0. The Morgan fingerprint density at radius 2 is 2.22 bits per heavy atom. The van der Waals surface area contributed by atoms with Crippen molar-refractivity contribution in [2.45, 2.75) is 51.4 Å². The van der Waals surface area contributed by atoms with Crippen LogP contribution in [-0.4, -0.2) is 52.1 Å². The highest BCUT2D eigenvalue weighted by atomic mass is 16.6. The number of aliphatic hydroxyl groups excluding tert-OH is 2. The van der Waals surface area contributed by atoms with Crippen LogP contribution < -0.4 is 0 Å². The Balaban J connectivity index is 2.66. The molecule has 1 rings (SSSR count). The first kappa shape index (κ1) is 15.0. The van der Waals surface area contributed by atoms with E-state index in [1.165, 1.54) is 0 Å². The fraction of sp³-hybridized carbons (Fsp3) is 0.769. The summed E-state index contributed by atoms with van der Waals surface area (Å²) in [6.07, 6.45) is 3.78. The highest BCUT2D eigenvalue weighted by Gasteiger charge is 2.29. The molecule has 2 N–H and O–H groups in total. The highest BCUT2D eigenvalue weighted by Crippen LogP contribution is 2.19. The number of hydrogen-bond acceptors (Lipinski definition) is 4. The SMILES string of the molecule is CC(C)(C)OC(=O)N1CCC=CC1CC(O)CO. The molecule has 0 saturated heterocycles. The van der Waals surface area contributed by atoms with Crippen LogP contribution in [0.4, 0.5) is 4.79 Å². The summed E-state index contributed by atoms with van der Waals surface area (Å²) in [4.78, 5) is 13.6. The monoisotopic (exact) mass is 257 g/mol. The number of nitrogens with zero attached hydrogens (tertiary/aromatic N) is 1. The van der Waals surface area contributed by atoms with E-state index in [0.29, 0.717) is 13.0 Å². The predicted octanol–water partition coefficient (Wildman–Crippen LogP) is 1.30. The van der Waals surface area contributed by atoms with E-state index in [1.54, 1.807) is 4.90 Å². The molecule has 0 aromatic rings. The van der Waals surface area contributed by atoms with Gasteiger partial charge in [-0.2, -0.15) is 0 Å². The molecule has 5 nitrogen and oxygen atoms in total. The second-order valence-electron chi connectivity index (χ2n) is 5.53. The number of rotatable bonds is 3. The summed E-state index contributed by atoms with van der Waals surface area (Å²) >= 11 is 0. The molecule has 2 unspecified atom stereocenters. The maximum Gasteiger partial charge on any atom is 0.410 e. The Morgan fingerprint density at radius 1 is 1.56 bits per heavy atom. The molecule has 0 aromatic carbocycles. The van der Waals surface area contributed by atoms with Gasteiger partial charge in [-0.1, -0.05) is 12.2 Å². The van der Waals surface area contributed by atoms with Gasteiger partial charge >= 0.3 is 6.09 Å². The van der Waals surface area contributed by atoms with Gasteiger partial charge in [0.2, 0.25) is 0 Å². The van der Waals surface area contributed by atoms with E-state index in [4.69, 9.17) is 9.84 Å². The van der Waals surface area contributed by atoms with Gasteiger partial charge in [-0.05, 0) is 33.6 Å². The second-order valence-corrected chi connectivity index (χ2v) is 5.53. The standard InChI is InChI=1S/C13H23NO4/c1-13(2,3)18-12(17)14-7-5-4-6-10(14)8-11(16)9-15/h4,6,10-11,15-16H,5,7-9H2,1-3H3. The summed E-state index contributed by atoms with van der Waals surface area (Å²) in [6.45, 7) is 5.74. The molecule has 0 radical (unpaired) electrons. The first-order chi connectivity index (χ1) is 8.33. The van der Waals surface area contributed by atoms with Gasteiger partial charge in [0.05, 0.1) is 18.8 Å². The molecule has 0 spiro atoms. The molecular formula is C13H23NO4. The maximum absolute atomic E-state index is 12.0. The summed E-state index contributed by atoms with van der Waals surface area (Å²) in [7, 11) is 0. The molecule has 1 amide bonds. The summed E-state index contributed by atoms with van der Waals surface area (Å²) in [5.74, 6) is 0. The topological polar surface area (TPSA) is 70.0 Å². The molecule has 104 valence electrons. The van der Waals surface area contributed by atoms with Crippen LogP contribution in [0.3, 0.4) is 0 Å². The minimum Gasteiger partial charge on any atom is -0.444 e. The number of amides is 1. The Kier molecular flexibility index (Phi) is 5.16. The van der Waals surface area contributed by atoms with Crippen molar-refractivity contribution in [1.82, 2.24) is 4.90 Å². The van der Waals surface area contributed by atoms with E-state index in [2.05, 4.69) is 0 Å². The molecule has 0 bridgehead atoms. The van der Waals surface area contributed by atoms with E-state index in [-0.39, 0.29) is 18.7 Å². The van der Waals surface area contributed by atoms with Crippen LogP contribution in [0.5, 0.6) is 0 Å². The zero-order valence-electron chi connectivity index (χ0n) is 11.3. The lowest BCUT2D eigenvalue weighted by Gasteiger charge is -2.34.